The first-order valence-electron chi connectivity index (χ1n) is 3.91. The van der Waals surface area contributed by atoms with E-state index in [4.69, 9.17) is 0 Å². The van der Waals surface area contributed by atoms with Crippen LogP contribution < -0.4 is 0 Å². The van der Waals surface area contributed by atoms with Crippen LogP contribution in [0, 0.1) is 6.92 Å². The van der Waals surface area contributed by atoms with E-state index < -0.39 is 0 Å². The Balaban J connectivity index is 0.000000845. The molecule has 2 nitrogen and oxygen atoms in total. The molecule has 0 aliphatic carbocycles. The standard InChI is InChI=1S/C10H10N2.Na.H/c1-9-2-4-10(5-3-9)12-7-6-11-8-12;;/h2-8H,1H3;;. The van der Waals surface area contributed by atoms with Crippen LogP contribution in [-0.2, 0) is 0 Å². The zero-order valence-corrected chi connectivity index (χ0v) is 6.94. The van der Waals surface area contributed by atoms with Gasteiger partial charge >= 0.3 is 29.6 Å². The molecule has 0 N–H and O–H groups in total. The average molecular weight is 182 g/mol. The van der Waals surface area contributed by atoms with Gasteiger partial charge in [0.2, 0.25) is 0 Å². The van der Waals surface area contributed by atoms with Crippen molar-refractivity contribution in [3.63, 3.8) is 0 Å². The fourth-order valence-electron chi connectivity index (χ4n) is 1.13. The Kier molecular flexibility index (Phi) is 3.72. The van der Waals surface area contributed by atoms with Gasteiger partial charge in [0.05, 0.1) is 6.33 Å². The molecule has 0 radical (unpaired) electrons. The quantitative estimate of drug-likeness (QED) is 0.611. The van der Waals surface area contributed by atoms with Crippen LogP contribution >= 0.6 is 0 Å². The van der Waals surface area contributed by atoms with Crippen molar-refractivity contribution in [2.24, 2.45) is 0 Å². The van der Waals surface area contributed by atoms with Gasteiger partial charge in [-0.2, -0.15) is 0 Å². The van der Waals surface area contributed by atoms with Crippen LogP contribution in [0.25, 0.3) is 5.69 Å². The van der Waals surface area contributed by atoms with Gasteiger partial charge in [0.25, 0.3) is 0 Å². The van der Waals surface area contributed by atoms with Gasteiger partial charge in [-0.05, 0) is 19.1 Å². The summed E-state index contributed by atoms with van der Waals surface area (Å²) in [5.41, 5.74) is 2.43. The first kappa shape index (κ1) is 10.5. The van der Waals surface area contributed by atoms with E-state index in [9.17, 15) is 0 Å². The summed E-state index contributed by atoms with van der Waals surface area (Å²) in [5, 5.41) is 0. The van der Waals surface area contributed by atoms with Gasteiger partial charge < -0.3 is 4.57 Å². The van der Waals surface area contributed by atoms with Crippen molar-refractivity contribution < 1.29 is 0 Å². The second-order valence-corrected chi connectivity index (χ2v) is 2.81. The SMILES string of the molecule is Cc1ccc(-n2ccnc2)cc1.[NaH]. The first-order valence-corrected chi connectivity index (χ1v) is 3.91. The van der Waals surface area contributed by atoms with Crippen molar-refractivity contribution >= 4 is 29.6 Å². The molecule has 1 heterocycles. The van der Waals surface area contributed by atoms with E-state index in [0.717, 1.165) is 5.69 Å². The van der Waals surface area contributed by atoms with Gasteiger partial charge in [-0.3, -0.25) is 0 Å². The molecule has 1 aromatic carbocycles. The molecule has 0 amide bonds. The predicted octanol–water partition coefficient (Wildman–Crippen LogP) is 1.53. The van der Waals surface area contributed by atoms with Crippen molar-refractivity contribution in [3.8, 4) is 5.69 Å². The number of benzene rings is 1. The predicted molar refractivity (Wildman–Crippen MR) is 55.5 cm³/mol. The monoisotopic (exact) mass is 182 g/mol. The minimum absolute atomic E-state index is 0. The number of nitrogens with zero attached hydrogens (tertiary/aromatic N) is 2. The van der Waals surface area contributed by atoms with Gasteiger partial charge in [0.1, 0.15) is 0 Å². The van der Waals surface area contributed by atoms with Crippen molar-refractivity contribution in [3.05, 3.63) is 48.5 Å². The van der Waals surface area contributed by atoms with Crippen LogP contribution in [-0.4, -0.2) is 39.1 Å². The van der Waals surface area contributed by atoms with Crippen molar-refractivity contribution in [1.82, 2.24) is 9.55 Å². The Morgan fingerprint density at radius 2 is 1.85 bits per heavy atom. The molecule has 0 spiro atoms. The summed E-state index contributed by atoms with van der Waals surface area (Å²) < 4.78 is 1.99. The molecule has 0 atom stereocenters. The van der Waals surface area contributed by atoms with Gasteiger partial charge in [-0.25, -0.2) is 4.98 Å². The Bertz CT molecular complexity index is 351. The van der Waals surface area contributed by atoms with Gasteiger partial charge in [0.15, 0.2) is 0 Å². The molecule has 2 aromatic rings. The summed E-state index contributed by atoms with van der Waals surface area (Å²) in [6, 6.07) is 8.35. The molecule has 0 bridgehead atoms. The van der Waals surface area contributed by atoms with Gasteiger partial charge in [-0.1, -0.05) is 17.7 Å². The number of aryl methyl sites for hydroxylation is 1. The molecule has 2 rings (SSSR count). The van der Waals surface area contributed by atoms with E-state index in [1.807, 2.05) is 10.8 Å². The molecule has 3 heteroatoms. The first-order chi connectivity index (χ1) is 5.86. The van der Waals surface area contributed by atoms with Crippen molar-refractivity contribution in [1.29, 1.82) is 0 Å². The molecule has 13 heavy (non-hydrogen) atoms. The molecular formula is C10H11N2Na. The summed E-state index contributed by atoms with van der Waals surface area (Å²) in [6.45, 7) is 2.08. The van der Waals surface area contributed by atoms with E-state index >= 15 is 0 Å². The van der Waals surface area contributed by atoms with Crippen molar-refractivity contribution in [2.75, 3.05) is 0 Å². The summed E-state index contributed by atoms with van der Waals surface area (Å²) in [4.78, 5) is 3.98. The molecule has 62 valence electrons. The molecule has 0 aliphatic heterocycles. The molecule has 0 unspecified atom stereocenters. The number of hydrogen-bond acceptors (Lipinski definition) is 1. The van der Waals surface area contributed by atoms with Gasteiger partial charge in [0, 0.05) is 18.1 Å². The van der Waals surface area contributed by atoms with Crippen LogP contribution in [0.3, 0.4) is 0 Å². The molecule has 0 fully saturated rings. The Morgan fingerprint density at radius 3 is 2.38 bits per heavy atom. The Labute approximate surface area is 99.9 Å². The number of rotatable bonds is 1. The minimum atomic E-state index is 0. The van der Waals surface area contributed by atoms with Crippen LogP contribution in [0.4, 0.5) is 0 Å². The third kappa shape index (κ3) is 2.44. The second kappa shape index (κ2) is 4.61. The normalized spacial score (nSPS) is 9.31. The van der Waals surface area contributed by atoms with Crippen LogP contribution in [0.2, 0.25) is 0 Å². The summed E-state index contributed by atoms with van der Waals surface area (Å²) in [7, 11) is 0. The van der Waals surface area contributed by atoms with E-state index in [1.165, 1.54) is 5.56 Å². The Morgan fingerprint density at radius 1 is 1.15 bits per heavy atom. The molecule has 0 saturated carbocycles. The van der Waals surface area contributed by atoms with Crippen molar-refractivity contribution in [2.45, 2.75) is 6.92 Å². The molecule has 0 aliphatic rings. The molecular weight excluding hydrogens is 171 g/mol. The van der Waals surface area contributed by atoms with Crippen LogP contribution in [0.15, 0.2) is 43.0 Å². The van der Waals surface area contributed by atoms with Gasteiger partial charge in [-0.15, -0.1) is 0 Å². The van der Waals surface area contributed by atoms with E-state index in [-0.39, 0.29) is 29.6 Å². The zero-order valence-electron chi connectivity index (χ0n) is 6.94. The second-order valence-electron chi connectivity index (χ2n) is 2.81. The topological polar surface area (TPSA) is 17.8 Å². The fraction of sp³-hybridized carbons (Fsp3) is 0.100. The third-order valence-corrected chi connectivity index (χ3v) is 1.84. The number of imidazole rings is 1. The number of hydrogen-bond donors (Lipinski definition) is 0. The third-order valence-electron chi connectivity index (χ3n) is 1.84. The fourth-order valence-corrected chi connectivity index (χ4v) is 1.13. The molecule has 1 aromatic heterocycles. The number of aromatic nitrogens is 2. The maximum absolute atomic E-state index is 3.98. The van der Waals surface area contributed by atoms with E-state index in [0.29, 0.717) is 0 Å². The zero-order chi connectivity index (χ0) is 8.39. The van der Waals surface area contributed by atoms with E-state index in [2.05, 4.69) is 36.2 Å². The molecule has 0 saturated heterocycles. The summed E-state index contributed by atoms with van der Waals surface area (Å²) in [5.74, 6) is 0. The van der Waals surface area contributed by atoms with Crippen LogP contribution in [0.1, 0.15) is 5.56 Å². The average Bonchev–Trinajstić information content (AvgIpc) is 2.58. The Hall–Kier alpha value is -0.570. The van der Waals surface area contributed by atoms with E-state index in [1.54, 1.807) is 12.5 Å². The maximum atomic E-state index is 3.98. The summed E-state index contributed by atoms with van der Waals surface area (Å²) >= 11 is 0. The summed E-state index contributed by atoms with van der Waals surface area (Å²) in [6.07, 6.45) is 5.51. The van der Waals surface area contributed by atoms with Crippen LogP contribution in [0.5, 0.6) is 0 Å².